The molecule has 0 unspecified atom stereocenters. The summed E-state index contributed by atoms with van der Waals surface area (Å²) in [5.41, 5.74) is 3.03. The smallest absolute Gasteiger partial charge is 0.283 e. The Labute approximate surface area is 171 Å². The molecule has 0 N–H and O–H groups in total. The third kappa shape index (κ3) is 3.31. The van der Waals surface area contributed by atoms with Crippen LogP contribution >= 0.6 is 11.3 Å². The first-order valence-electron chi connectivity index (χ1n) is 8.94. The Morgan fingerprint density at radius 3 is 2.48 bits per heavy atom. The molecule has 1 amide bonds. The molecular formula is C21H20N4O3S. The fourth-order valence-corrected chi connectivity index (χ4v) is 4.18. The van der Waals surface area contributed by atoms with Crippen molar-refractivity contribution in [2.75, 3.05) is 14.2 Å². The molecule has 7 nitrogen and oxygen atoms in total. The molecule has 29 heavy (non-hydrogen) atoms. The van der Waals surface area contributed by atoms with Gasteiger partial charge < -0.3 is 14.0 Å². The summed E-state index contributed by atoms with van der Waals surface area (Å²) in [7, 11) is 5.06. The van der Waals surface area contributed by atoms with Gasteiger partial charge in [-0.25, -0.2) is 4.68 Å². The Kier molecular flexibility index (Phi) is 4.94. The number of amides is 1. The summed E-state index contributed by atoms with van der Waals surface area (Å²) in [5, 5.41) is 4.36. The van der Waals surface area contributed by atoms with Crippen LogP contribution in [-0.4, -0.2) is 34.5 Å². The third-order valence-corrected chi connectivity index (χ3v) is 5.85. The summed E-state index contributed by atoms with van der Waals surface area (Å²) in [6.07, 6.45) is 1.56. The average Bonchev–Trinajstić information content (AvgIpc) is 3.27. The van der Waals surface area contributed by atoms with Crippen molar-refractivity contribution in [2.45, 2.75) is 6.92 Å². The Bertz CT molecular complexity index is 1270. The van der Waals surface area contributed by atoms with Gasteiger partial charge in [-0.15, -0.1) is 0 Å². The molecule has 148 valence electrons. The molecule has 2 aromatic carbocycles. The number of ether oxygens (including phenoxy) is 2. The summed E-state index contributed by atoms with van der Waals surface area (Å²) in [5.74, 6) is 0.941. The van der Waals surface area contributed by atoms with Crippen molar-refractivity contribution in [3.8, 4) is 17.2 Å². The van der Waals surface area contributed by atoms with Crippen LogP contribution in [0.5, 0.6) is 11.5 Å². The summed E-state index contributed by atoms with van der Waals surface area (Å²) in [6.45, 7) is 1.86. The van der Waals surface area contributed by atoms with Gasteiger partial charge in [-0.1, -0.05) is 29.5 Å². The second-order valence-corrected chi connectivity index (χ2v) is 7.44. The van der Waals surface area contributed by atoms with Crippen molar-refractivity contribution in [1.82, 2.24) is 14.3 Å². The van der Waals surface area contributed by atoms with Gasteiger partial charge in [0.1, 0.15) is 0 Å². The maximum atomic E-state index is 12.9. The first-order chi connectivity index (χ1) is 14.0. The maximum absolute atomic E-state index is 12.9. The van der Waals surface area contributed by atoms with Gasteiger partial charge in [-0.2, -0.15) is 10.1 Å². The molecule has 0 spiro atoms. The van der Waals surface area contributed by atoms with E-state index in [1.807, 2.05) is 61.0 Å². The molecule has 8 heteroatoms. The lowest BCUT2D eigenvalue weighted by atomic mass is 10.2. The number of benzene rings is 2. The van der Waals surface area contributed by atoms with Gasteiger partial charge in [-0.3, -0.25) is 4.79 Å². The monoisotopic (exact) mass is 408 g/mol. The number of carbonyl (C=O) groups excluding carboxylic acids is 1. The number of rotatable bonds is 4. The normalized spacial score (nSPS) is 11.8. The summed E-state index contributed by atoms with van der Waals surface area (Å²) in [6, 6.07) is 13.5. The molecule has 4 aromatic rings. The number of hydrogen-bond donors (Lipinski definition) is 0. The van der Waals surface area contributed by atoms with Crippen molar-refractivity contribution >= 4 is 27.5 Å². The Morgan fingerprint density at radius 2 is 1.79 bits per heavy atom. The van der Waals surface area contributed by atoms with Crippen molar-refractivity contribution in [2.24, 2.45) is 12.0 Å². The van der Waals surface area contributed by atoms with Crippen LogP contribution in [0.2, 0.25) is 0 Å². The van der Waals surface area contributed by atoms with Crippen LogP contribution in [0.4, 0.5) is 0 Å². The van der Waals surface area contributed by atoms with E-state index in [1.54, 1.807) is 25.1 Å². The lowest BCUT2D eigenvalue weighted by molar-refractivity contribution is 0.0997. The molecule has 0 saturated heterocycles. The van der Waals surface area contributed by atoms with E-state index in [0.717, 1.165) is 21.6 Å². The molecule has 2 aromatic heterocycles. The van der Waals surface area contributed by atoms with Crippen molar-refractivity contribution < 1.29 is 14.3 Å². The zero-order valence-corrected chi connectivity index (χ0v) is 17.4. The van der Waals surface area contributed by atoms with E-state index in [4.69, 9.17) is 9.47 Å². The minimum absolute atomic E-state index is 0.328. The van der Waals surface area contributed by atoms with E-state index in [2.05, 4.69) is 10.1 Å². The van der Waals surface area contributed by atoms with Gasteiger partial charge >= 0.3 is 0 Å². The minimum atomic E-state index is -0.328. The van der Waals surface area contributed by atoms with Crippen LogP contribution in [0.25, 0.3) is 15.9 Å². The number of aryl methyl sites for hydroxylation is 1. The van der Waals surface area contributed by atoms with Gasteiger partial charge in [0.05, 0.1) is 47.6 Å². The number of nitrogens with zero attached hydrogens (tertiary/aromatic N) is 4. The van der Waals surface area contributed by atoms with Crippen LogP contribution in [0.15, 0.2) is 53.7 Å². The van der Waals surface area contributed by atoms with E-state index in [9.17, 15) is 4.79 Å². The largest absolute Gasteiger partial charge is 0.493 e. The molecule has 0 radical (unpaired) electrons. The zero-order chi connectivity index (χ0) is 20.5. The molecule has 0 atom stereocenters. The fourth-order valence-electron chi connectivity index (χ4n) is 3.16. The molecule has 0 fully saturated rings. The van der Waals surface area contributed by atoms with Gasteiger partial charge in [0.2, 0.25) is 0 Å². The number of fused-ring (bicyclic) bond motifs is 1. The number of hydrogen-bond acceptors (Lipinski definition) is 5. The van der Waals surface area contributed by atoms with Crippen LogP contribution in [-0.2, 0) is 7.05 Å². The quantitative estimate of drug-likeness (QED) is 0.518. The predicted octanol–water partition coefficient (Wildman–Crippen LogP) is 3.49. The second kappa shape index (κ2) is 7.56. The molecule has 4 rings (SSSR count). The lowest BCUT2D eigenvalue weighted by Gasteiger charge is -2.07. The average molecular weight is 408 g/mol. The highest BCUT2D eigenvalue weighted by molar-refractivity contribution is 7.16. The maximum Gasteiger partial charge on any atom is 0.283 e. The summed E-state index contributed by atoms with van der Waals surface area (Å²) >= 11 is 1.42. The van der Waals surface area contributed by atoms with Gasteiger partial charge in [0.25, 0.3) is 5.91 Å². The van der Waals surface area contributed by atoms with E-state index < -0.39 is 0 Å². The second-order valence-electron chi connectivity index (χ2n) is 6.43. The highest BCUT2D eigenvalue weighted by Crippen LogP contribution is 2.33. The molecule has 0 aliphatic heterocycles. The van der Waals surface area contributed by atoms with Crippen molar-refractivity contribution in [3.05, 3.63) is 64.7 Å². The first kappa shape index (κ1) is 18.9. The highest BCUT2D eigenvalue weighted by atomic mass is 32.1. The van der Waals surface area contributed by atoms with Gasteiger partial charge in [0.15, 0.2) is 16.3 Å². The van der Waals surface area contributed by atoms with Crippen LogP contribution in [0.1, 0.15) is 16.1 Å². The molecular weight excluding hydrogens is 388 g/mol. The van der Waals surface area contributed by atoms with Crippen LogP contribution in [0, 0.1) is 6.92 Å². The Morgan fingerprint density at radius 1 is 1.10 bits per heavy atom. The molecule has 0 bridgehead atoms. The fraction of sp³-hybridized carbons (Fsp3) is 0.190. The van der Waals surface area contributed by atoms with E-state index in [-0.39, 0.29) is 5.91 Å². The molecule has 0 aliphatic rings. The van der Waals surface area contributed by atoms with Crippen molar-refractivity contribution in [3.63, 3.8) is 0 Å². The topological polar surface area (TPSA) is 70.6 Å². The van der Waals surface area contributed by atoms with Gasteiger partial charge in [-0.05, 0) is 19.1 Å². The Balaban J connectivity index is 1.77. The van der Waals surface area contributed by atoms with E-state index in [1.165, 1.54) is 11.3 Å². The zero-order valence-electron chi connectivity index (χ0n) is 16.5. The summed E-state index contributed by atoms with van der Waals surface area (Å²) < 4.78 is 15.3. The number of aromatic nitrogens is 3. The molecule has 2 heterocycles. The number of para-hydroxylation sites is 1. The summed E-state index contributed by atoms with van der Waals surface area (Å²) in [4.78, 5) is 17.8. The first-order valence-corrected chi connectivity index (χ1v) is 9.75. The van der Waals surface area contributed by atoms with E-state index in [0.29, 0.717) is 21.9 Å². The number of methoxy groups -OCH3 is 2. The van der Waals surface area contributed by atoms with Crippen LogP contribution in [0.3, 0.4) is 0 Å². The van der Waals surface area contributed by atoms with Gasteiger partial charge in [0, 0.05) is 19.2 Å². The highest BCUT2D eigenvalue weighted by Gasteiger charge is 2.16. The third-order valence-electron chi connectivity index (χ3n) is 4.75. The van der Waals surface area contributed by atoms with Crippen LogP contribution < -0.4 is 14.3 Å². The van der Waals surface area contributed by atoms with E-state index >= 15 is 0 Å². The Hall–Kier alpha value is -3.39. The molecule has 0 aliphatic carbocycles. The minimum Gasteiger partial charge on any atom is -0.493 e. The SMILES string of the molecule is COc1cc2sc(=NC(=O)c3cnn(-c4ccccc4)c3C)n(C)c2cc1OC. The molecule has 0 saturated carbocycles. The lowest BCUT2D eigenvalue weighted by Crippen LogP contribution is -2.13. The predicted molar refractivity (Wildman–Crippen MR) is 112 cm³/mol. The van der Waals surface area contributed by atoms with Crippen molar-refractivity contribution in [1.29, 1.82) is 0 Å². The number of carbonyl (C=O) groups is 1. The standard InChI is InChI=1S/C21H20N4O3S/c1-13-15(12-22-25(13)14-8-6-5-7-9-14)20(26)23-21-24(2)16-10-17(27-3)18(28-4)11-19(16)29-21/h5-12H,1-4H3. The number of thiazole rings is 1.